The molecule has 2 amide bonds. The van der Waals surface area contributed by atoms with Gasteiger partial charge in [0.2, 0.25) is 11.8 Å². The Morgan fingerprint density at radius 1 is 1.02 bits per heavy atom. The molecule has 0 bridgehead atoms. The lowest BCUT2D eigenvalue weighted by Crippen LogP contribution is -2.60. The molecule has 11 nitrogen and oxygen atoms in total. The quantitative estimate of drug-likeness (QED) is 0.364. The number of amides is 2. The minimum Gasteiger partial charge on any atom is -0.497 e. The van der Waals surface area contributed by atoms with Gasteiger partial charge in [0.25, 0.3) is 15.9 Å². The van der Waals surface area contributed by atoms with Crippen molar-refractivity contribution < 1.29 is 32.2 Å². The van der Waals surface area contributed by atoms with Crippen molar-refractivity contribution in [1.82, 2.24) is 15.2 Å². The number of fused-ring (bicyclic) bond motifs is 1. The number of rotatable bonds is 10. The number of sulfonamides is 1. The summed E-state index contributed by atoms with van der Waals surface area (Å²) < 4.78 is 45.7. The Labute approximate surface area is 250 Å². The first-order valence-electron chi connectivity index (χ1n) is 12.9. The maximum atomic E-state index is 14.9. The van der Waals surface area contributed by atoms with Crippen molar-refractivity contribution in [3.63, 3.8) is 0 Å². The van der Waals surface area contributed by atoms with Crippen LogP contribution >= 0.6 is 11.6 Å². The maximum Gasteiger partial charge on any atom is 0.274 e. The number of aromatic nitrogens is 1. The normalized spacial score (nSPS) is 17.2. The van der Waals surface area contributed by atoms with Crippen LogP contribution in [-0.2, 0) is 25.2 Å². The number of hydrogen-bond donors (Lipinski definition) is 1. The van der Waals surface area contributed by atoms with E-state index in [2.05, 4.69) is 10.3 Å². The van der Waals surface area contributed by atoms with Crippen molar-refractivity contribution in [1.29, 1.82) is 0 Å². The first kappa shape index (κ1) is 31.1. The van der Waals surface area contributed by atoms with E-state index in [-0.39, 0.29) is 50.2 Å². The average molecular weight is 617 g/mol. The third-order valence-corrected chi connectivity index (χ3v) is 9.06. The van der Waals surface area contributed by atoms with E-state index >= 15 is 0 Å². The molecule has 4 rings (SSSR count). The van der Waals surface area contributed by atoms with Gasteiger partial charge in [-0.1, -0.05) is 25.4 Å². The summed E-state index contributed by atoms with van der Waals surface area (Å²) in [4.78, 5) is 33.8. The molecule has 1 aliphatic rings. The molecule has 13 heteroatoms. The molecule has 0 aliphatic carbocycles. The summed E-state index contributed by atoms with van der Waals surface area (Å²) in [5.41, 5.74) is -1.50. The van der Waals surface area contributed by atoms with Crippen LogP contribution in [0.25, 0.3) is 0 Å². The van der Waals surface area contributed by atoms with Crippen LogP contribution in [0.5, 0.6) is 17.4 Å². The van der Waals surface area contributed by atoms with Gasteiger partial charge < -0.3 is 19.1 Å². The van der Waals surface area contributed by atoms with Crippen molar-refractivity contribution in [2.75, 3.05) is 39.7 Å². The lowest BCUT2D eigenvalue weighted by atomic mass is 9.82. The second-order valence-electron chi connectivity index (χ2n) is 10.2. The predicted octanol–water partition coefficient (Wildman–Crippen LogP) is 3.44. The third kappa shape index (κ3) is 5.03. The molecule has 0 fully saturated rings. The summed E-state index contributed by atoms with van der Waals surface area (Å²) in [6, 6.07) is 10.9. The van der Waals surface area contributed by atoms with Crippen LogP contribution in [0.1, 0.15) is 25.0 Å². The number of nitrogens with zero attached hydrogens (tertiary/aromatic N) is 3. The SMILES string of the molecule is COc1ccc(S(=O)(=O)N2C(=O)[C@@](NC(C(=O)N(C)C)C(C)C)(c3cccnc3OC)c3cc(Cl)ccc32)c(OC)c1. The molecular weight excluding hydrogens is 584 g/mol. The van der Waals surface area contributed by atoms with Gasteiger partial charge >= 0.3 is 0 Å². The van der Waals surface area contributed by atoms with E-state index in [4.69, 9.17) is 25.8 Å². The number of carbonyl (C=O) groups is 2. The van der Waals surface area contributed by atoms with E-state index < -0.39 is 27.5 Å². The number of anilines is 1. The number of carbonyl (C=O) groups excluding carboxylic acids is 2. The molecule has 3 aromatic rings. The Balaban J connectivity index is 2.08. The third-order valence-electron chi connectivity index (χ3n) is 7.09. The summed E-state index contributed by atoms with van der Waals surface area (Å²) >= 11 is 6.47. The highest BCUT2D eigenvalue weighted by Crippen LogP contribution is 2.50. The monoisotopic (exact) mass is 616 g/mol. The molecule has 2 aromatic carbocycles. The van der Waals surface area contributed by atoms with Gasteiger partial charge in [-0.3, -0.25) is 14.9 Å². The fraction of sp³-hybridized carbons (Fsp3) is 0.345. The zero-order valence-corrected chi connectivity index (χ0v) is 25.9. The lowest BCUT2D eigenvalue weighted by molar-refractivity contribution is -0.133. The first-order chi connectivity index (χ1) is 19.8. The summed E-state index contributed by atoms with van der Waals surface area (Å²) in [5.74, 6) is -1.14. The van der Waals surface area contributed by atoms with E-state index in [0.717, 1.165) is 0 Å². The van der Waals surface area contributed by atoms with Crippen molar-refractivity contribution in [2.24, 2.45) is 5.92 Å². The number of hydrogen-bond acceptors (Lipinski definition) is 9. The van der Waals surface area contributed by atoms with Crippen LogP contribution in [0.3, 0.4) is 0 Å². The molecule has 0 spiro atoms. The highest BCUT2D eigenvalue weighted by atomic mass is 35.5. The molecule has 1 unspecified atom stereocenters. The highest BCUT2D eigenvalue weighted by Gasteiger charge is 2.59. The molecule has 1 N–H and O–H groups in total. The summed E-state index contributed by atoms with van der Waals surface area (Å²) in [6.45, 7) is 3.64. The van der Waals surface area contributed by atoms with E-state index in [9.17, 15) is 18.0 Å². The second kappa shape index (κ2) is 11.8. The molecule has 224 valence electrons. The number of benzene rings is 2. The fourth-order valence-corrected chi connectivity index (χ4v) is 6.81. The average Bonchev–Trinajstić information content (AvgIpc) is 3.22. The number of ether oxygens (including phenoxy) is 3. The molecular formula is C29H33ClN4O7S. The number of pyridine rings is 1. The van der Waals surface area contributed by atoms with Crippen LogP contribution in [0.4, 0.5) is 5.69 Å². The maximum absolute atomic E-state index is 14.9. The van der Waals surface area contributed by atoms with Gasteiger partial charge in [-0.15, -0.1) is 0 Å². The summed E-state index contributed by atoms with van der Waals surface area (Å²) in [5, 5.41) is 3.50. The van der Waals surface area contributed by atoms with Crippen LogP contribution in [0, 0.1) is 5.92 Å². The van der Waals surface area contributed by atoms with Gasteiger partial charge in [-0.25, -0.2) is 17.7 Å². The van der Waals surface area contributed by atoms with Crippen LogP contribution in [0.15, 0.2) is 59.6 Å². The van der Waals surface area contributed by atoms with Crippen LogP contribution < -0.4 is 23.8 Å². The molecule has 0 radical (unpaired) electrons. The predicted molar refractivity (Wildman–Crippen MR) is 158 cm³/mol. The molecule has 1 aromatic heterocycles. The van der Waals surface area contributed by atoms with Crippen molar-refractivity contribution >= 4 is 39.1 Å². The topological polar surface area (TPSA) is 127 Å². The fourth-order valence-electron chi connectivity index (χ4n) is 5.03. The van der Waals surface area contributed by atoms with Crippen molar-refractivity contribution in [3.8, 4) is 17.4 Å². The van der Waals surface area contributed by atoms with Gasteiger partial charge in [0, 0.05) is 42.5 Å². The minimum absolute atomic E-state index is 0.0232. The van der Waals surface area contributed by atoms with Crippen molar-refractivity contribution in [2.45, 2.75) is 30.3 Å². The number of halogens is 1. The molecule has 2 heterocycles. The zero-order valence-electron chi connectivity index (χ0n) is 24.3. The van der Waals surface area contributed by atoms with E-state index in [0.29, 0.717) is 10.1 Å². The largest absolute Gasteiger partial charge is 0.497 e. The molecule has 1 aliphatic heterocycles. The smallest absolute Gasteiger partial charge is 0.274 e. The van der Waals surface area contributed by atoms with Gasteiger partial charge in [0.05, 0.1) is 33.1 Å². The molecule has 42 heavy (non-hydrogen) atoms. The van der Waals surface area contributed by atoms with Crippen LogP contribution in [-0.4, -0.2) is 71.6 Å². The van der Waals surface area contributed by atoms with Gasteiger partial charge in [0.15, 0.2) is 5.54 Å². The molecule has 0 saturated carbocycles. The van der Waals surface area contributed by atoms with E-state index in [1.54, 1.807) is 26.2 Å². The molecule has 0 saturated heterocycles. The molecule has 2 atom stereocenters. The standard InChI is InChI=1S/C29H33ClN4O7S/c1-17(2)25(27(35)33(3)4)32-29(20-9-8-14-31-26(20)41-7)21-15-18(30)10-12-22(21)34(28(29)36)42(37,38)24-13-11-19(39-5)16-23(24)40-6/h8-17,25,32H,1-7H3/t25?,29-/m1/s1. The number of methoxy groups -OCH3 is 3. The van der Waals surface area contributed by atoms with Gasteiger partial charge in [-0.2, -0.15) is 0 Å². The Hall–Kier alpha value is -3.87. The number of nitrogens with one attached hydrogen (secondary N) is 1. The summed E-state index contributed by atoms with van der Waals surface area (Å²) in [7, 11) is 2.74. The lowest BCUT2D eigenvalue weighted by Gasteiger charge is -2.36. The summed E-state index contributed by atoms with van der Waals surface area (Å²) in [6.07, 6.45) is 1.48. The number of likely N-dealkylation sites (N-methyl/N-ethyl adjacent to an activating group) is 1. The van der Waals surface area contributed by atoms with Gasteiger partial charge in [-0.05, 0) is 48.4 Å². The highest BCUT2D eigenvalue weighted by molar-refractivity contribution is 7.93. The Bertz CT molecular complexity index is 1630. The van der Waals surface area contributed by atoms with Gasteiger partial charge in [0.1, 0.15) is 16.4 Å². The Kier molecular flexibility index (Phi) is 8.72. The van der Waals surface area contributed by atoms with E-state index in [1.807, 2.05) is 13.8 Å². The van der Waals surface area contributed by atoms with E-state index in [1.165, 1.54) is 68.8 Å². The van der Waals surface area contributed by atoms with Crippen molar-refractivity contribution in [3.05, 3.63) is 70.9 Å². The zero-order chi connectivity index (χ0) is 31.0. The Morgan fingerprint density at radius 3 is 2.33 bits per heavy atom. The van der Waals surface area contributed by atoms with Crippen LogP contribution in [0.2, 0.25) is 5.02 Å². The second-order valence-corrected chi connectivity index (χ2v) is 12.4. The Morgan fingerprint density at radius 2 is 1.74 bits per heavy atom. The minimum atomic E-state index is -4.61. The first-order valence-corrected chi connectivity index (χ1v) is 14.8.